The van der Waals surface area contributed by atoms with Crippen LogP contribution in [-0.2, 0) is 0 Å². The van der Waals surface area contributed by atoms with Gasteiger partial charge in [0.25, 0.3) is 0 Å². The Labute approximate surface area is 97.3 Å². The highest BCUT2D eigenvalue weighted by Gasteiger charge is 2.02. The van der Waals surface area contributed by atoms with E-state index in [-0.39, 0.29) is 11.1 Å². The molecule has 0 radical (unpaired) electrons. The Morgan fingerprint density at radius 2 is 2.12 bits per heavy atom. The zero-order valence-corrected chi connectivity index (χ0v) is 9.29. The number of hydrogen-bond donors (Lipinski definition) is 1. The van der Waals surface area contributed by atoms with Gasteiger partial charge >= 0.3 is 0 Å². The van der Waals surface area contributed by atoms with Gasteiger partial charge in [-0.05, 0) is 42.3 Å². The predicted molar refractivity (Wildman–Crippen MR) is 61.5 cm³/mol. The van der Waals surface area contributed by atoms with Gasteiger partial charge in [0.15, 0.2) is 0 Å². The van der Waals surface area contributed by atoms with Crippen molar-refractivity contribution in [2.24, 2.45) is 0 Å². The Kier molecular flexibility index (Phi) is 3.01. The van der Waals surface area contributed by atoms with Crippen molar-refractivity contribution in [1.82, 2.24) is 9.97 Å². The van der Waals surface area contributed by atoms with Crippen LogP contribution in [0.2, 0.25) is 5.28 Å². The summed E-state index contributed by atoms with van der Waals surface area (Å²) in [6.45, 7) is 1.88. The molecular weight excluding hydrogens is 229 g/mol. The van der Waals surface area contributed by atoms with Crippen molar-refractivity contribution in [2.45, 2.75) is 6.92 Å². The van der Waals surface area contributed by atoms with Crippen LogP contribution in [0.1, 0.15) is 5.56 Å². The summed E-state index contributed by atoms with van der Waals surface area (Å²) in [6.07, 6.45) is 1.53. The lowest BCUT2D eigenvalue weighted by molar-refractivity contribution is 0.628. The summed E-state index contributed by atoms with van der Waals surface area (Å²) in [5.74, 6) is 0.238. The highest BCUT2D eigenvalue weighted by molar-refractivity contribution is 6.28. The van der Waals surface area contributed by atoms with Gasteiger partial charge in [-0.25, -0.2) is 14.4 Å². The zero-order chi connectivity index (χ0) is 11.5. The van der Waals surface area contributed by atoms with E-state index in [9.17, 15) is 4.39 Å². The third-order valence-electron chi connectivity index (χ3n) is 2.09. The van der Waals surface area contributed by atoms with Gasteiger partial charge in [0, 0.05) is 11.9 Å². The van der Waals surface area contributed by atoms with Crippen LogP contribution in [0.5, 0.6) is 0 Å². The molecule has 16 heavy (non-hydrogen) atoms. The molecule has 0 aliphatic heterocycles. The topological polar surface area (TPSA) is 37.8 Å². The average Bonchev–Trinajstić information content (AvgIpc) is 2.24. The molecule has 1 aromatic carbocycles. The van der Waals surface area contributed by atoms with Crippen LogP contribution in [0.25, 0.3) is 0 Å². The summed E-state index contributed by atoms with van der Waals surface area (Å²) >= 11 is 5.65. The van der Waals surface area contributed by atoms with Crippen LogP contribution in [0.3, 0.4) is 0 Å². The smallest absolute Gasteiger partial charge is 0.224 e. The van der Waals surface area contributed by atoms with E-state index in [0.717, 1.165) is 5.56 Å². The highest BCUT2D eigenvalue weighted by Crippen LogP contribution is 2.20. The molecule has 1 aromatic heterocycles. The van der Waals surface area contributed by atoms with E-state index < -0.39 is 0 Å². The molecule has 0 aliphatic rings. The Hall–Kier alpha value is -1.68. The first kappa shape index (κ1) is 10.8. The summed E-state index contributed by atoms with van der Waals surface area (Å²) in [4.78, 5) is 7.72. The molecule has 0 bridgehead atoms. The Balaban J connectivity index is 2.30. The maximum Gasteiger partial charge on any atom is 0.224 e. The fraction of sp³-hybridized carbons (Fsp3) is 0.0909. The largest absolute Gasteiger partial charge is 0.340 e. The quantitative estimate of drug-likeness (QED) is 0.815. The van der Waals surface area contributed by atoms with Crippen molar-refractivity contribution >= 4 is 23.1 Å². The summed E-state index contributed by atoms with van der Waals surface area (Å²) in [5, 5.41) is 3.13. The van der Waals surface area contributed by atoms with Crippen LogP contribution >= 0.6 is 11.6 Å². The molecule has 2 rings (SSSR count). The first-order chi connectivity index (χ1) is 7.65. The summed E-state index contributed by atoms with van der Waals surface area (Å²) in [6, 6.07) is 6.18. The lowest BCUT2D eigenvalue weighted by Gasteiger charge is -2.08. The zero-order valence-electron chi connectivity index (χ0n) is 8.54. The van der Waals surface area contributed by atoms with Gasteiger partial charge in [-0.2, -0.15) is 0 Å². The normalized spacial score (nSPS) is 10.2. The Morgan fingerprint density at radius 1 is 1.31 bits per heavy atom. The van der Waals surface area contributed by atoms with Gasteiger partial charge in [0.1, 0.15) is 11.6 Å². The van der Waals surface area contributed by atoms with Crippen molar-refractivity contribution in [2.75, 3.05) is 5.32 Å². The number of nitrogens with one attached hydrogen (secondary N) is 1. The van der Waals surface area contributed by atoms with Crippen molar-refractivity contribution in [1.29, 1.82) is 0 Å². The van der Waals surface area contributed by atoms with E-state index in [4.69, 9.17) is 11.6 Å². The number of hydrogen-bond acceptors (Lipinski definition) is 3. The first-order valence-corrected chi connectivity index (χ1v) is 5.04. The number of nitrogens with zero attached hydrogens (tertiary/aromatic N) is 2. The summed E-state index contributed by atoms with van der Waals surface area (Å²) in [7, 11) is 0. The number of rotatable bonds is 2. The maximum absolute atomic E-state index is 13.0. The minimum atomic E-state index is -0.298. The summed E-state index contributed by atoms with van der Waals surface area (Å²) in [5.41, 5.74) is 1.59. The van der Waals surface area contributed by atoms with E-state index >= 15 is 0 Å². The lowest BCUT2D eigenvalue weighted by atomic mass is 10.2. The molecule has 0 atom stereocenters. The van der Waals surface area contributed by atoms with Gasteiger partial charge in [0.2, 0.25) is 5.28 Å². The minimum absolute atomic E-state index is 0.152. The Morgan fingerprint density at radius 3 is 2.88 bits per heavy atom. The number of halogens is 2. The van der Waals surface area contributed by atoms with Gasteiger partial charge in [-0.15, -0.1) is 0 Å². The molecule has 1 heterocycles. The molecule has 0 spiro atoms. The molecule has 0 fully saturated rings. The maximum atomic E-state index is 13.0. The summed E-state index contributed by atoms with van der Waals surface area (Å²) < 4.78 is 13.0. The van der Waals surface area contributed by atoms with Gasteiger partial charge in [0.05, 0.1) is 0 Å². The van der Waals surface area contributed by atoms with E-state index in [1.807, 2.05) is 6.92 Å². The van der Waals surface area contributed by atoms with Crippen molar-refractivity contribution in [3.05, 3.63) is 47.1 Å². The third-order valence-corrected chi connectivity index (χ3v) is 2.27. The fourth-order valence-corrected chi connectivity index (χ4v) is 1.42. The molecule has 0 aliphatic carbocycles. The van der Waals surface area contributed by atoms with E-state index in [1.54, 1.807) is 12.1 Å². The van der Waals surface area contributed by atoms with E-state index in [1.165, 1.54) is 18.3 Å². The van der Waals surface area contributed by atoms with Crippen molar-refractivity contribution in [3.63, 3.8) is 0 Å². The molecule has 2 aromatic rings. The standard InChI is InChI=1S/C11H9ClFN3/c1-7-2-3-8(13)6-9(7)15-10-4-5-14-11(12)16-10/h2-6H,1H3,(H,14,15,16). The van der Waals surface area contributed by atoms with Crippen LogP contribution in [0.4, 0.5) is 15.9 Å². The number of aromatic nitrogens is 2. The number of benzene rings is 1. The second-order valence-electron chi connectivity index (χ2n) is 3.30. The molecule has 3 nitrogen and oxygen atoms in total. The molecule has 82 valence electrons. The molecule has 0 saturated heterocycles. The SMILES string of the molecule is Cc1ccc(F)cc1Nc1ccnc(Cl)n1. The van der Waals surface area contributed by atoms with Gasteiger partial charge in [-0.3, -0.25) is 0 Å². The van der Waals surface area contributed by atoms with Crippen LogP contribution in [-0.4, -0.2) is 9.97 Å². The second kappa shape index (κ2) is 4.45. The van der Waals surface area contributed by atoms with E-state index in [0.29, 0.717) is 11.5 Å². The van der Waals surface area contributed by atoms with Crippen molar-refractivity contribution in [3.8, 4) is 0 Å². The monoisotopic (exact) mass is 237 g/mol. The first-order valence-electron chi connectivity index (χ1n) is 4.67. The predicted octanol–water partition coefficient (Wildman–Crippen LogP) is 3.32. The highest BCUT2D eigenvalue weighted by atomic mass is 35.5. The fourth-order valence-electron chi connectivity index (χ4n) is 1.27. The van der Waals surface area contributed by atoms with Crippen molar-refractivity contribution < 1.29 is 4.39 Å². The molecule has 0 amide bonds. The van der Waals surface area contributed by atoms with Crippen LogP contribution < -0.4 is 5.32 Å². The molecule has 0 unspecified atom stereocenters. The van der Waals surface area contributed by atoms with Gasteiger partial charge in [-0.1, -0.05) is 6.07 Å². The third kappa shape index (κ3) is 2.46. The molecule has 5 heteroatoms. The lowest BCUT2D eigenvalue weighted by Crippen LogP contribution is -1.97. The average molecular weight is 238 g/mol. The number of anilines is 2. The van der Waals surface area contributed by atoms with Gasteiger partial charge < -0.3 is 5.32 Å². The van der Waals surface area contributed by atoms with E-state index in [2.05, 4.69) is 15.3 Å². The molecule has 0 saturated carbocycles. The van der Waals surface area contributed by atoms with Crippen LogP contribution in [0.15, 0.2) is 30.5 Å². The molecule has 1 N–H and O–H groups in total. The Bertz CT molecular complexity index is 516. The van der Waals surface area contributed by atoms with Crippen LogP contribution in [0, 0.1) is 12.7 Å². The molecular formula is C11H9ClFN3. The minimum Gasteiger partial charge on any atom is -0.340 e. The number of aryl methyl sites for hydroxylation is 1. The second-order valence-corrected chi connectivity index (χ2v) is 3.63.